The van der Waals surface area contributed by atoms with E-state index in [0.717, 1.165) is 19.1 Å². The van der Waals surface area contributed by atoms with Gasteiger partial charge in [0.05, 0.1) is 0 Å². The first kappa shape index (κ1) is 9.96. The van der Waals surface area contributed by atoms with Crippen LogP contribution < -0.4 is 5.73 Å². The van der Waals surface area contributed by atoms with Crippen molar-refractivity contribution in [1.82, 2.24) is 9.80 Å². The molecule has 0 aromatic carbocycles. The van der Waals surface area contributed by atoms with E-state index in [1.807, 2.05) is 0 Å². The Kier molecular flexibility index (Phi) is 3.98. The minimum absolute atomic E-state index is 0.741. The lowest BCUT2D eigenvalue weighted by Gasteiger charge is -2.35. The van der Waals surface area contributed by atoms with E-state index in [-0.39, 0.29) is 0 Å². The predicted molar refractivity (Wildman–Crippen MR) is 52.2 cm³/mol. The molecule has 0 aromatic heterocycles. The molecule has 0 spiro atoms. The van der Waals surface area contributed by atoms with E-state index in [0.29, 0.717) is 0 Å². The highest BCUT2D eigenvalue weighted by molar-refractivity contribution is 4.77. The third-order valence-corrected chi connectivity index (χ3v) is 2.66. The molecule has 0 bridgehead atoms. The van der Waals surface area contributed by atoms with E-state index in [9.17, 15) is 0 Å². The van der Waals surface area contributed by atoms with E-state index in [1.54, 1.807) is 0 Å². The fourth-order valence-corrected chi connectivity index (χ4v) is 1.84. The van der Waals surface area contributed by atoms with E-state index in [4.69, 9.17) is 5.73 Å². The summed E-state index contributed by atoms with van der Waals surface area (Å²) >= 11 is 0. The Bertz CT molecular complexity index is 123. The highest BCUT2D eigenvalue weighted by Crippen LogP contribution is 2.12. The number of nitrogens with zero attached hydrogens (tertiary/aromatic N) is 2. The van der Waals surface area contributed by atoms with E-state index < -0.39 is 0 Å². The number of likely N-dealkylation sites (N-methyl/N-ethyl adjacent to an activating group) is 1. The van der Waals surface area contributed by atoms with Crippen molar-refractivity contribution in [2.24, 2.45) is 5.73 Å². The average Bonchev–Trinajstić information content (AvgIpc) is 2.05. The zero-order valence-electron chi connectivity index (χ0n) is 8.29. The first-order valence-corrected chi connectivity index (χ1v) is 4.83. The van der Waals surface area contributed by atoms with E-state index in [1.165, 1.54) is 25.9 Å². The molecule has 0 aliphatic carbocycles. The molecule has 0 radical (unpaired) electrons. The SMILES string of the molecule is CN(C)C1CCCN(CCN)C1. The zero-order valence-corrected chi connectivity index (χ0v) is 8.29. The molecule has 1 saturated heterocycles. The number of hydrogen-bond acceptors (Lipinski definition) is 3. The second-order valence-electron chi connectivity index (χ2n) is 3.85. The van der Waals surface area contributed by atoms with Crippen molar-refractivity contribution >= 4 is 0 Å². The first-order valence-electron chi connectivity index (χ1n) is 4.83. The van der Waals surface area contributed by atoms with E-state index in [2.05, 4.69) is 23.9 Å². The third kappa shape index (κ3) is 2.73. The minimum atomic E-state index is 0.741. The summed E-state index contributed by atoms with van der Waals surface area (Å²) in [6.45, 7) is 4.29. The zero-order chi connectivity index (χ0) is 8.97. The van der Waals surface area contributed by atoms with Crippen LogP contribution in [-0.4, -0.2) is 56.1 Å². The largest absolute Gasteiger partial charge is 0.329 e. The second kappa shape index (κ2) is 4.80. The summed E-state index contributed by atoms with van der Waals surface area (Å²) in [7, 11) is 4.33. The van der Waals surface area contributed by atoms with Crippen LogP contribution in [0.2, 0.25) is 0 Å². The van der Waals surface area contributed by atoms with Crippen molar-refractivity contribution in [2.75, 3.05) is 40.3 Å². The fourth-order valence-electron chi connectivity index (χ4n) is 1.84. The van der Waals surface area contributed by atoms with Crippen LogP contribution in [0, 0.1) is 0 Å². The summed E-state index contributed by atoms with van der Waals surface area (Å²) in [5.41, 5.74) is 5.53. The van der Waals surface area contributed by atoms with Crippen LogP contribution in [0.3, 0.4) is 0 Å². The number of likely N-dealkylation sites (tertiary alicyclic amines) is 1. The minimum Gasteiger partial charge on any atom is -0.329 e. The van der Waals surface area contributed by atoms with Gasteiger partial charge in [-0.05, 0) is 33.5 Å². The van der Waals surface area contributed by atoms with Gasteiger partial charge in [-0.2, -0.15) is 0 Å². The maximum atomic E-state index is 5.53. The molecule has 72 valence electrons. The molecule has 0 aromatic rings. The maximum absolute atomic E-state index is 5.53. The van der Waals surface area contributed by atoms with Gasteiger partial charge in [0.1, 0.15) is 0 Å². The quantitative estimate of drug-likeness (QED) is 0.647. The van der Waals surface area contributed by atoms with Crippen LogP contribution in [0.4, 0.5) is 0 Å². The lowest BCUT2D eigenvalue weighted by Crippen LogP contribution is -2.46. The van der Waals surface area contributed by atoms with Gasteiger partial charge >= 0.3 is 0 Å². The van der Waals surface area contributed by atoms with Crippen molar-refractivity contribution in [2.45, 2.75) is 18.9 Å². The highest BCUT2D eigenvalue weighted by atomic mass is 15.2. The van der Waals surface area contributed by atoms with Crippen LogP contribution in [-0.2, 0) is 0 Å². The lowest BCUT2D eigenvalue weighted by atomic mass is 10.1. The van der Waals surface area contributed by atoms with Gasteiger partial charge in [-0.15, -0.1) is 0 Å². The van der Waals surface area contributed by atoms with Gasteiger partial charge in [0, 0.05) is 25.7 Å². The van der Waals surface area contributed by atoms with Gasteiger partial charge in [0.25, 0.3) is 0 Å². The Morgan fingerprint density at radius 2 is 2.25 bits per heavy atom. The monoisotopic (exact) mass is 171 g/mol. The van der Waals surface area contributed by atoms with Crippen LogP contribution in [0.5, 0.6) is 0 Å². The molecule has 1 heterocycles. The summed E-state index contributed by atoms with van der Waals surface area (Å²) < 4.78 is 0. The van der Waals surface area contributed by atoms with E-state index >= 15 is 0 Å². The molecule has 1 aliphatic heterocycles. The lowest BCUT2D eigenvalue weighted by molar-refractivity contribution is 0.136. The highest BCUT2D eigenvalue weighted by Gasteiger charge is 2.20. The molecule has 1 atom stereocenters. The van der Waals surface area contributed by atoms with Crippen LogP contribution in [0.15, 0.2) is 0 Å². The topological polar surface area (TPSA) is 32.5 Å². The van der Waals surface area contributed by atoms with Gasteiger partial charge in [0.2, 0.25) is 0 Å². The first-order chi connectivity index (χ1) is 5.74. The third-order valence-electron chi connectivity index (χ3n) is 2.66. The standard InChI is InChI=1S/C9H21N3/c1-11(2)9-4-3-6-12(8-9)7-5-10/h9H,3-8,10H2,1-2H3. The Hall–Kier alpha value is -0.120. The summed E-state index contributed by atoms with van der Waals surface area (Å²) in [5, 5.41) is 0. The van der Waals surface area contributed by atoms with Crippen LogP contribution in [0.25, 0.3) is 0 Å². The Morgan fingerprint density at radius 3 is 2.83 bits per heavy atom. The van der Waals surface area contributed by atoms with Crippen LogP contribution >= 0.6 is 0 Å². The molecule has 0 amide bonds. The normalized spacial score (nSPS) is 26.5. The Balaban J connectivity index is 2.30. The molecule has 1 unspecified atom stereocenters. The smallest absolute Gasteiger partial charge is 0.0217 e. The van der Waals surface area contributed by atoms with Gasteiger partial charge in [-0.25, -0.2) is 0 Å². The molecular formula is C9H21N3. The average molecular weight is 171 g/mol. The van der Waals surface area contributed by atoms with Gasteiger partial charge < -0.3 is 15.5 Å². The number of piperidine rings is 1. The molecule has 1 fully saturated rings. The van der Waals surface area contributed by atoms with Gasteiger partial charge in [0.15, 0.2) is 0 Å². The van der Waals surface area contributed by atoms with Crippen molar-refractivity contribution in [1.29, 1.82) is 0 Å². The summed E-state index contributed by atoms with van der Waals surface area (Å²) in [4.78, 5) is 4.79. The maximum Gasteiger partial charge on any atom is 0.0217 e. The van der Waals surface area contributed by atoms with Gasteiger partial charge in [-0.1, -0.05) is 0 Å². The molecule has 2 N–H and O–H groups in total. The molecule has 3 heteroatoms. The fraction of sp³-hybridized carbons (Fsp3) is 1.00. The molecule has 0 saturated carbocycles. The molecular weight excluding hydrogens is 150 g/mol. The van der Waals surface area contributed by atoms with Crippen molar-refractivity contribution in [3.63, 3.8) is 0 Å². The number of nitrogens with two attached hydrogens (primary N) is 1. The summed E-state index contributed by atoms with van der Waals surface area (Å²) in [5.74, 6) is 0. The number of hydrogen-bond donors (Lipinski definition) is 1. The molecule has 12 heavy (non-hydrogen) atoms. The summed E-state index contributed by atoms with van der Waals surface area (Å²) in [6, 6.07) is 0.741. The van der Waals surface area contributed by atoms with Crippen molar-refractivity contribution < 1.29 is 0 Å². The van der Waals surface area contributed by atoms with Crippen LogP contribution in [0.1, 0.15) is 12.8 Å². The van der Waals surface area contributed by atoms with Crippen molar-refractivity contribution in [3.8, 4) is 0 Å². The molecule has 3 nitrogen and oxygen atoms in total. The predicted octanol–water partition coefficient (Wildman–Crippen LogP) is -0.0289. The summed E-state index contributed by atoms with van der Waals surface area (Å²) in [6.07, 6.45) is 2.66. The molecule has 1 rings (SSSR count). The Morgan fingerprint density at radius 1 is 1.50 bits per heavy atom. The second-order valence-corrected chi connectivity index (χ2v) is 3.85. The van der Waals surface area contributed by atoms with Crippen molar-refractivity contribution in [3.05, 3.63) is 0 Å². The van der Waals surface area contributed by atoms with Gasteiger partial charge in [-0.3, -0.25) is 0 Å². The molecule has 1 aliphatic rings. The number of rotatable bonds is 3. The Labute approximate surface area is 75.5 Å².